The lowest BCUT2D eigenvalue weighted by Crippen LogP contribution is -2.59. The van der Waals surface area contributed by atoms with Crippen molar-refractivity contribution in [1.82, 2.24) is 0 Å². The smallest absolute Gasteiger partial charge is 0.192 e. The van der Waals surface area contributed by atoms with Gasteiger partial charge >= 0.3 is 0 Å². The van der Waals surface area contributed by atoms with Crippen molar-refractivity contribution in [3.8, 4) is 0 Å². The van der Waals surface area contributed by atoms with E-state index in [1.165, 1.54) is 0 Å². The Morgan fingerprint density at radius 3 is 2.31 bits per heavy atom. The Balaban J connectivity index is 1.70. The van der Waals surface area contributed by atoms with Gasteiger partial charge in [0.25, 0.3) is 0 Å². The number of aliphatic hydroxyl groups is 1. The lowest BCUT2D eigenvalue weighted by atomic mass is 9.99. The van der Waals surface area contributed by atoms with Crippen molar-refractivity contribution in [3.63, 3.8) is 0 Å². The molecule has 6 nitrogen and oxygen atoms in total. The quantitative estimate of drug-likeness (QED) is 0.700. The third-order valence-electron chi connectivity index (χ3n) is 6.15. The monoisotopic (exact) mass is 424 g/mol. The summed E-state index contributed by atoms with van der Waals surface area (Å²) in [4.78, 5) is 0. The Morgan fingerprint density at radius 2 is 1.69 bits per heavy atom. The van der Waals surface area contributed by atoms with Crippen LogP contribution in [0.3, 0.4) is 0 Å². The standard InChI is InChI=1S/C22H36O6Si/c1-21(2,3)29(6,7)25-14-16-17-18(28-22(4,5)27-17)19(20(23)26-16)24-13-15-11-9-8-10-12-15/h8-12,16-20,23H,13-14H2,1-7H3/t16-,17+,18+,19-,20?/m1/s1. The fourth-order valence-corrected chi connectivity index (χ4v) is 4.45. The van der Waals surface area contributed by atoms with Crippen LogP contribution in [0.15, 0.2) is 30.3 Å². The molecule has 0 bridgehead atoms. The predicted octanol–water partition coefficient (Wildman–Crippen LogP) is 3.83. The first-order valence-electron chi connectivity index (χ1n) is 10.4. The van der Waals surface area contributed by atoms with E-state index in [-0.39, 0.29) is 11.1 Å². The zero-order valence-electron chi connectivity index (χ0n) is 18.7. The molecule has 0 spiro atoms. The van der Waals surface area contributed by atoms with Crippen molar-refractivity contribution in [2.45, 2.75) is 95.9 Å². The van der Waals surface area contributed by atoms with Crippen molar-refractivity contribution < 1.29 is 28.5 Å². The van der Waals surface area contributed by atoms with Gasteiger partial charge in [0, 0.05) is 0 Å². The summed E-state index contributed by atoms with van der Waals surface area (Å²) in [5.41, 5.74) is 1.03. The van der Waals surface area contributed by atoms with Crippen molar-refractivity contribution in [3.05, 3.63) is 35.9 Å². The highest BCUT2D eigenvalue weighted by molar-refractivity contribution is 6.74. The normalized spacial score (nSPS) is 32.2. The minimum atomic E-state index is -1.96. The fraction of sp³-hybridized carbons (Fsp3) is 0.727. The van der Waals surface area contributed by atoms with E-state index in [2.05, 4.69) is 33.9 Å². The second-order valence-corrected chi connectivity index (χ2v) is 14.8. The highest BCUT2D eigenvalue weighted by Gasteiger charge is 2.56. The Hall–Kier alpha value is -0.803. The fourth-order valence-electron chi connectivity index (χ4n) is 3.44. The van der Waals surface area contributed by atoms with Gasteiger partial charge in [-0.3, -0.25) is 0 Å². The van der Waals surface area contributed by atoms with Crippen LogP contribution < -0.4 is 0 Å². The number of hydrogen-bond donors (Lipinski definition) is 1. The molecule has 0 radical (unpaired) electrons. The first-order valence-corrected chi connectivity index (χ1v) is 13.3. The van der Waals surface area contributed by atoms with E-state index in [1.54, 1.807) is 0 Å². The third kappa shape index (κ3) is 5.28. The molecule has 2 saturated heterocycles. The molecule has 2 aliphatic rings. The summed E-state index contributed by atoms with van der Waals surface area (Å²) in [6, 6.07) is 9.85. The van der Waals surface area contributed by atoms with Gasteiger partial charge in [0.15, 0.2) is 20.4 Å². The SMILES string of the molecule is CC1(C)O[C@@H]2[C@H](O1)[C@@H](OCc1ccccc1)C(O)O[C@@H]2CO[Si](C)(C)C(C)(C)C. The van der Waals surface area contributed by atoms with Crippen LogP contribution in [-0.4, -0.2) is 56.5 Å². The maximum absolute atomic E-state index is 10.7. The van der Waals surface area contributed by atoms with Crippen LogP contribution in [0.2, 0.25) is 18.1 Å². The summed E-state index contributed by atoms with van der Waals surface area (Å²) < 4.78 is 30.6. The third-order valence-corrected chi connectivity index (χ3v) is 10.6. The van der Waals surface area contributed by atoms with E-state index < -0.39 is 38.7 Å². The van der Waals surface area contributed by atoms with Gasteiger partial charge in [-0.25, -0.2) is 0 Å². The molecule has 5 atom stereocenters. The zero-order valence-corrected chi connectivity index (χ0v) is 19.7. The molecule has 0 amide bonds. The number of benzene rings is 1. The summed E-state index contributed by atoms with van der Waals surface area (Å²) in [6.07, 6.45) is -2.94. The summed E-state index contributed by atoms with van der Waals surface area (Å²) in [7, 11) is -1.96. The molecule has 0 aromatic heterocycles. The molecule has 1 aromatic rings. The molecule has 29 heavy (non-hydrogen) atoms. The molecule has 2 aliphatic heterocycles. The molecule has 2 fully saturated rings. The number of ether oxygens (including phenoxy) is 4. The van der Waals surface area contributed by atoms with Crippen molar-refractivity contribution in [2.24, 2.45) is 0 Å². The average molecular weight is 425 g/mol. The van der Waals surface area contributed by atoms with Gasteiger partial charge in [-0.05, 0) is 37.5 Å². The van der Waals surface area contributed by atoms with Crippen LogP contribution in [-0.2, 0) is 30.0 Å². The van der Waals surface area contributed by atoms with Crippen molar-refractivity contribution in [1.29, 1.82) is 0 Å². The molecule has 7 heteroatoms. The van der Waals surface area contributed by atoms with Crippen LogP contribution in [0.25, 0.3) is 0 Å². The summed E-state index contributed by atoms with van der Waals surface area (Å²) in [5, 5.41) is 10.8. The van der Waals surface area contributed by atoms with E-state index in [9.17, 15) is 5.11 Å². The highest BCUT2D eigenvalue weighted by atomic mass is 28.4. The van der Waals surface area contributed by atoms with Crippen LogP contribution in [0.1, 0.15) is 40.2 Å². The van der Waals surface area contributed by atoms with E-state index in [1.807, 2.05) is 44.2 Å². The second-order valence-electron chi connectivity index (χ2n) is 9.96. The summed E-state index contributed by atoms with van der Waals surface area (Å²) in [6.45, 7) is 15.5. The molecular weight excluding hydrogens is 388 g/mol. The van der Waals surface area contributed by atoms with E-state index in [0.717, 1.165) is 5.56 Å². The topological polar surface area (TPSA) is 66.4 Å². The van der Waals surface area contributed by atoms with Crippen LogP contribution in [0.5, 0.6) is 0 Å². The maximum Gasteiger partial charge on any atom is 0.192 e. The summed E-state index contributed by atoms with van der Waals surface area (Å²) in [5.74, 6) is -0.771. The Labute approximate surface area is 175 Å². The van der Waals surface area contributed by atoms with Crippen LogP contribution in [0.4, 0.5) is 0 Å². The van der Waals surface area contributed by atoms with Gasteiger partial charge in [-0.1, -0.05) is 51.1 Å². The maximum atomic E-state index is 10.7. The average Bonchev–Trinajstić information content (AvgIpc) is 2.94. The van der Waals surface area contributed by atoms with E-state index in [4.69, 9.17) is 23.4 Å². The Bertz CT molecular complexity index is 672. The Kier molecular flexibility index (Phi) is 6.61. The van der Waals surface area contributed by atoms with E-state index >= 15 is 0 Å². The second kappa shape index (κ2) is 8.38. The molecule has 1 aromatic carbocycles. The molecule has 164 valence electrons. The number of rotatable bonds is 6. The van der Waals surface area contributed by atoms with Crippen LogP contribution in [0, 0.1) is 0 Å². The summed E-state index contributed by atoms with van der Waals surface area (Å²) >= 11 is 0. The molecule has 0 saturated carbocycles. The van der Waals surface area contributed by atoms with Gasteiger partial charge in [0.2, 0.25) is 0 Å². The predicted molar refractivity (Wildman–Crippen MR) is 113 cm³/mol. The van der Waals surface area contributed by atoms with Crippen molar-refractivity contribution in [2.75, 3.05) is 6.61 Å². The molecule has 1 unspecified atom stereocenters. The molecule has 3 rings (SSSR count). The van der Waals surface area contributed by atoms with Gasteiger partial charge in [-0.2, -0.15) is 0 Å². The van der Waals surface area contributed by atoms with Gasteiger partial charge in [-0.15, -0.1) is 0 Å². The molecular formula is C22H36O6Si. The Morgan fingerprint density at radius 1 is 1.07 bits per heavy atom. The largest absolute Gasteiger partial charge is 0.414 e. The van der Waals surface area contributed by atoms with Gasteiger partial charge in [0.05, 0.1) is 13.2 Å². The van der Waals surface area contributed by atoms with Gasteiger partial charge in [0.1, 0.15) is 24.4 Å². The number of hydrogen-bond acceptors (Lipinski definition) is 6. The highest BCUT2D eigenvalue weighted by Crippen LogP contribution is 2.40. The van der Waals surface area contributed by atoms with Crippen LogP contribution >= 0.6 is 0 Å². The molecule has 1 N–H and O–H groups in total. The first-order chi connectivity index (χ1) is 13.4. The van der Waals surface area contributed by atoms with E-state index in [0.29, 0.717) is 13.2 Å². The lowest BCUT2D eigenvalue weighted by molar-refractivity contribution is -0.277. The lowest BCUT2D eigenvalue weighted by Gasteiger charge is -2.42. The molecule has 2 heterocycles. The first kappa shape index (κ1) is 22.9. The van der Waals surface area contributed by atoms with Crippen molar-refractivity contribution >= 4 is 8.32 Å². The molecule has 0 aliphatic carbocycles. The minimum Gasteiger partial charge on any atom is -0.414 e. The number of aliphatic hydroxyl groups excluding tert-OH is 1. The zero-order chi connectivity index (χ0) is 21.4. The number of fused-ring (bicyclic) bond motifs is 1. The van der Waals surface area contributed by atoms with Gasteiger partial charge < -0.3 is 28.5 Å². The minimum absolute atomic E-state index is 0.0906.